The fourth-order valence-corrected chi connectivity index (χ4v) is 1.53. The van der Waals surface area contributed by atoms with Crippen molar-refractivity contribution in [2.75, 3.05) is 7.11 Å². The van der Waals surface area contributed by atoms with E-state index in [-0.39, 0.29) is 5.88 Å². The maximum atomic E-state index is 11.2. The third-order valence-electron chi connectivity index (χ3n) is 2.35. The minimum absolute atomic E-state index is 0.0633. The van der Waals surface area contributed by atoms with E-state index in [0.717, 1.165) is 5.69 Å². The number of carbonyl (C=O) groups excluding carboxylic acids is 1. The molecular weight excluding hydrogens is 220 g/mol. The molecule has 0 fully saturated rings. The Morgan fingerprint density at radius 2 is 2.00 bits per heavy atom. The number of aromatic nitrogens is 2. The Morgan fingerprint density at radius 1 is 1.35 bits per heavy atom. The zero-order valence-corrected chi connectivity index (χ0v) is 9.54. The number of nitrogens with zero attached hydrogens (tertiary/aromatic N) is 2. The predicted octanol–water partition coefficient (Wildman–Crippen LogP) is 1.67. The molecule has 1 N–H and O–H groups in total. The summed E-state index contributed by atoms with van der Waals surface area (Å²) in [5, 5.41) is 13.7. The third-order valence-corrected chi connectivity index (χ3v) is 2.35. The van der Waals surface area contributed by atoms with Gasteiger partial charge in [0.25, 0.3) is 0 Å². The second-order valence-corrected chi connectivity index (χ2v) is 3.59. The SMILES string of the molecule is COC(=O)c1ccc(-n2nc(C)cc2O)cc1. The van der Waals surface area contributed by atoms with Gasteiger partial charge in [0.15, 0.2) is 0 Å². The van der Waals surface area contributed by atoms with E-state index in [4.69, 9.17) is 0 Å². The number of methoxy groups -OCH3 is 1. The van der Waals surface area contributed by atoms with Crippen LogP contribution in [0, 0.1) is 6.92 Å². The third kappa shape index (κ3) is 2.13. The second-order valence-electron chi connectivity index (χ2n) is 3.59. The summed E-state index contributed by atoms with van der Waals surface area (Å²) in [6.45, 7) is 1.79. The molecule has 1 heterocycles. The van der Waals surface area contributed by atoms with Crippen molar-refractivity contribution in [2.45, 2.75) is 6.92 Å². The minimum Gasteiger partial charge on any atom is -0.493 e. The van der Waals surface area contributed by atoms with Crippen LogP contribution in [-0.4, -0.2) is 28.0 Å². The summed E-state index contributed by atoms with van der Waals surface area (Å²) in [7, 11) is 1.33. The predicted molar refractivity (Wildman–Crippen MR) is 61.3 cm³/mol. The molecular formula is C12H12N2O3. The Kier molecular flexibility index (Phi) is 2.82. The minimum atomic E-state index is -0.391. The van der Waals surface area contributed by atoms with E-state index < -0.39 is 5.97 Å². The van der Waals surface area contributed by atoms with Gasteiger partial charge in [-0.1, -0.05) is 0 Å². The number of rotatable bonds is 2. The van der Waals surface area contributed by atoms with Gasteiger partial charge in [-0.25, -0.2) is 9.48 Å². The molecule has 0 aliphatic carbocycles. The molecule has 88 valence electrons. The lowest BCUT2D eigenvalue weighted by molar-refractivity contribution is 0.0601. The van der Waals surface area contributed by atoms with E-state index in [2.05, 4.69) is 9.84 Å². The normalized spacial score (nSPS) is 10.2. The Morgan fingerprint density at radius 3 is 2.47 bits per heavy atom. The highest BCUT2D eigenvalue weighted by Crippen LogP contribution is 2.18. The Hall–Kier alpha value is -2.30. The van der Waals surface area contributed by atoms with Gasteiger partial charge in [-0.05, 0) is 31.2 Å². The Balaban J connectivity index is 2.35. The molecule has 0 unspecified atom stereocenters. The van der Waals surface area contributed by atoms with Crippen LogP contribution < -0.4 is 0 Å². The van der Waals surface area contributed by atoms with Gasteiger partial charge in [0.1, 0.15) is 0 Å². The van der Waals surface area contributed by atoms with Crippen molar-refractivity contribution in [1.29, 1.82) is 0 Å². The smallest absolute Gasteiger partial charge is 0.337 e. The summed E-state index contributed by atoms with van der Waals surface area (Å²) >= 11 is 0. The van der Waals surface area contributed by atoms with E-state index in [1.165, 1.54) is 11.8 Å². The molecule has 0 aliphatic heterocycles. The standard InChI is InChI=1S/C12H12N2O3/c1-8-7-11(15)14(13-8)10-5-3-9(4-6-10)12(16)17-2/h3-7,15H,1-2H3. The summed E-state index contributed by atoms with van der Waals surface area (Å²) in [6, 6.07) is 8.19. The first-order chi connectivity index (χ1) is 8.11. The molecule has 5 nitrogen and oxygen atoms in total. The van der Waals surface area contributed by atoms with E-state index in [1.54, 1.807) is 37.3 Å². The summed E-state index contributed by atoms with van der Waals surface area (Å²) in [6.07, 6.45) is 0. The molecule has 0 amide bonds. The van der Waals surface area contributed by atoms with Crippen LogP contribution in [0.2, 0.25) is 0 Å². The first kappa shape index (κ1) is 11.2. The van der Waals surface area contributed by atoms with Crippen molar-refractivity contribution in [1.82, 2.24) is 9.78 Å². The largest absolute Gasteiger partial charge is 0.493 e. The first-order valence-electron chi connectivity index (χ1n) is 5.06. The van der Waals surface area contributed by atoms with E-state index in [1.807, 2.05) is 0 Å². The number of ether oxygens (including phenoxy) is 1. The molecule has 17 heavy (non-hydrogen) atoms. The lowest BCUT2D eigenvalue weighted by Gasteiger charge is -2.04. The van der Waals surface area contributed by atoms with Crippen molar-refractivity contribution in [3.8, 4) is 11.6 Å². The summed E-state index contributed by atoms with van der Waals surface area (Å²) in [4.78, 5) is 11.2. The number of carbonyl (C=O) groups is 1. The number of aromatic hydroxyl groups is 1. The second kappa shape index (κ2) is 4.29. The summed E-state index contributed by atoms with van der Waals surface area (Å²) < 4.78 is 6.00. The maximum Gasteiger partial charge on any atom is 0.337 e. The van der Waals surface area contributed by atoms with Crippen LogP contribution in [0.3, 0.4) is 0 Å². The van der Waals surface area contributed by atoms with Crippen LogP contribution in [0.1, 0.15) is 16.1 Å². The Labute approximate surface area is 98.3 Å². The van der Waals surface area contributed by atoms with Gasteiger partial charge in [-0.3, -0.25) is 0 Å². The highest BCUT2D eigenvalue weighted by atomic mass is 16.5. The van der Waals surface area contributed by atoms with Gasteiger partial charge in [0, 0.05) is 6.07 Å². The number of benzene rings is 1. The fourth-order valence-electron chi connectivity index (χ4n) is 1.53. The van der Waals surface area contributed by atoms with Gasteiger partial charge in [-0.15, -0.1) is 0 Å². The van der Waals surface area contributed by atoms with Crippen molar-refractivity contribution >= 4 is 5.97 Å². The average molecular weight is 232 g/mol. The van der Waals surface area contributed by atoms with Crippen molar-refractivity contribution in [3.05, 3.63) is 41.6 Å². The summed E-state index contributed by atoms with van der Waals surface area (Å²) in [5.74, 6) is -0.328. The topological polar surface area (TPSA) is 64.4 Å². The van der Waals surface area contributed by atoms with Crippen LogP contribution in [0.25, 0.3) is 5.69 Å². The monoisotopic (exact) mass is 232 g/mol. The molecule has 1 aromatic heterocycles. The molecule has 0 saturated carbocycles. The number of hydrogen-bond donors (Lipinski definition) is 1. The molecule has 0 radical (unpaired) electrons. The molecule has 0 saturated heterocycles. The molecule has 5 heteroatoms. The van der Waals surface area contributed by atoms with Crippen LogP contribution in [0.4, 0.5) is 0 Å². The maximum absolute atomic E-state index is 11.2. The molecule has 0 bridgehead atoms. The van der Waals surface area contributed by atoms with Gasteiger partial charge in [0.2, 0.25) is 5.88 Å². The summed E-state index contributed by atoms with van der Waals surface area (Å²) in [5.41, 5.74) is 1.86. The first-order valence-corrected chi connectivity index (χ1v) is 5.06. The lowest BCUT2D eigenvalue weighted by atomic mass is 10.2. The van der Waals surface area contributed by atoms with Crippen molar-refractivity contribution in [3.63, 3.8) is 0 Å². The molecule has 2 aromatic rings. The molecule has 0 spiro atoms. The fraction of sp³-hybridized carbons (Fsp3) is 0.167. The van der Waals surface area contributed by atoms with Crippen molar-refractivity contribution < 1.29 is 14.6 Å². The zero-order chi connectivity index (χ0) is 12.4. The van der Waals surface area contributed by atoms with E-state index in [9.17, 15) is 9.90 Å². The Bertz CT molecular complexity index is 543. The number of esters is 1. The van der Waals surface area contributed by atoms with Gasteiger partial charge < -0.3 is 9.84 Å². The average Bonchev–Trinajstić information content (AvgIpc) is 2.68. The zero-order valence-electron chi connectivity index (χ0n) is 9.54. The highest BCUT2D eigenvalue weighted by molar-refractivity contribution is 5.89. The van der Waals surface area contributed by atoms with Crippen LogP contribution >= 0.6 is 0 Å². The van der Waals surface area contributed by atoms with Gasteiger partial charge in [-0.2, -0.15) is 5.10 Å². The lowest BCUT2D eigenvalue weighted by Crippen LogP contribution is -2.02. The highest BCUT2D eigenvalue weighted by Gasteiger charge is 2.08. The van der Waals surface area contributed by atoms with Gasteiger partial charge >= 0.3 is 5.97 Å². The molecule has 2 rings (SSSR count). The quantitative estimate of drug-likeness (QED) is 0.800. The molecule has 0 aliphatic rings. The van der Waals surface area contributed by atoms with Crippen molar-refractivity contribution in [2.24, 2.45) is 0 Å². The number of aryl methyl sites for hydroxylation is 1. The van der Waals surface area contributed by atoms with E-state index in [0.29, 0.717) is 11.3 Å². The van der Waals surface area contributed by atoms with Gasteiger partial charge in [0.05, 0.1) is 24.1 Å². The van der Waals surface area contributed by atoms with Crippen LogP contribution in [0.15, 0.2) is 30.3 Å². The molecule has 0 atom stereocenters. The number of hydrogen-bond acceptors (Lipinski definition) is 4. The van der Waals surface area contributed by atoms with E-state index >= 15 is 0 Å². The van der Waals surface area contributed by atoms with Crippen LogP contribution in [0.5, 0.6) is 5.88 Å². The van der Waals surface area contributed by atoms with Crippen LogP contribution in [-0.2, 0) is 4.74 Å². The molecule has 1 aromatic carbocycles.